The lowest BCUT2D eigenvalue weighted by Crippen LogP contribution is -2.33. The summed E-state index contributed by atoms with van der Waals surface area (Å²) in [6.45, 7) is 8.17. The second kappa shape index (κ2) is 7.23. The van der Waals surface area contributed by atoms with Crippen LogP contribution in [0.4, 0.5) is 0 Å². The molecule has 25 heavy (non-hydrogen) atoms. The Bertz CT molecular complexity index is 844. The molecule has 0 fully saturated rings. The second-order valence-electron chi connectivity index (χ2n) is 6.23. The predicted molar refractivity (Wildman–Crippen MR) is 96.8 cm³/mol. The third-order valence-electron chi connectivity index (χ3n) is 4.28. The van der Waals surface area contributed by atoms with Crippen molar-refractivity contribution in [3.05, 3.63) is 56.9 Å². The smallest absolute Gasteiger partial charge is 0.224 e. The number of amides is 1. The van der Waals surface area contributed by atoms with E-state index in [0.29, 0.717) is 12.3 Å². The molecule has 0 unspecified atom stereocenters. The van der Waals surface area contributed by atoms with Crippen LogP contribution in [0.1, 0.15) is 40.0 Å². The van der Waals surface area contributed by atoms with Gasteiger partial charge in [0.05, 0.1) is 23.9 Å². The SMILES string of the molecule is Cc1cc(C)n([C@H](CNC(=O)Cc2c(C)noc2C)c2ccsc2)n1. The monoisotopic (exact) mass is 358 g/mol. The standard InChI is InChI=1S/C18H22N4O2S/c1-11-7-12(2)22(20-11)17(15-5-6-25-10-15)9-19-18(23)8-16-13(3)21-24-14(16)4/h5-7,10,17H,8-9H2,1-4H3,(H,19,23)/t17-/m1/s1. The lowest BCUT2D eigenvalue weighted by atomic mass is 10.1. The summed E-state index contributed by atoms with van der Waals surface area (Å²) in [7, 11) is 0. The van der Waals surface area contributed by atoms with E-state index in [2.05, 4.69) is 27.0 Å². The van der Waals surface area contributed by atoms with Gasteiger partial charge in [0.25, 0.3) is 0 Å². The molecule has 1 atom stereocenters. The molecular weight excluding hydrogens is 336 g/mol. The van der Waals surface area contributed by atoms with Crippen LogP contribution >= 0.6 is 11.3 Å². The molecule has 1 amide bonds. The van der Waals surface area contributed by atoms with Crippen LogP contribution in [0.5, 0.6) is 0 Å². The van der Waals surface area contributed by atoms with Gasteiger partial charge in [0.1, 0.15) is 5.76 Å². The van der Waals surface area contributed by atoms with Crippen molar-refractivity contribution in [3.8, 4) is 0 Å². The van der Waals surface area contributed by atoms with Crippen molar-refractivity contribution < 1.29 is 9.32 Å². The number of hydrogen-bond donors (Lipinski definition) is 1. The van der Waals surface area contributed by atoms with Crippen molar-refractivity contribution >= 4 is 17.2 Å². The Morgan fingerprint density at radius 2 is 2.16 bits per heavy atom. The molecule has 0 aliphatic heterocycles. The second-order valence-corrected chi connectivity index (χ2v) is 7.01. The molecule has 0 aliphatic rings. The molecule has 0 saturated heterocycles. The van der Waals surface area contributed by atoms with Crippen LogP contribution in [0.3, 0.4) is 0 Å². The van der Waals surface area contributed by atoms with Crippen molar-refractivity contribution in [2.75, 3.05) is 6.54 Å². The minimum Gasteiger partial charge on any atom is -0.361 e. The predicted octanol–water partition coefficient (Wildman–Crippen LogP) is 3.11. The molecule has 3 heterocycles. The van der Waals surface area contributed by atoms with Crippen LogP contribution in [-0.4, -0.2) is 27.4 Å². The van der Waals surface area contributed by atoms with E-state index >= 15 is 0 Å². The molecule has 7 heteroatoms. The van der Waals surface area contributed by atoms with Gasteiger partial charge in [-0.25, -0.2) is 0 Å². The van der Waals surface area contributed by atoms with Gasteiger partial charge in [0.2, 0.25) is 5.91 Å². The highest BCUT2D eigenvalue weighted by Crippen LogP contribution is 2.22. The summed E-state index contributed by atoms with van der Waals surface area (Å²) in [6, 6.07) is 4.10. The van der Waals surface area contributed by atoms with Crippen LogP contribution in [-0.2, 0) is 11.2 Å². The molecule has 6 nitrogen and oxygen atoms in total. The first-order valence-corrected chi connectivity index (χ1v) is 9.13. The van der Waals surface area contributed by atoms with Crippen LogP contribution < -0.4 is 5.32 Å². The van der Waals surface area contributed by atoms with Gasteiger partial charge in [-0.05, 0) is 56.2 Å². The Hall–Kier alpha value is -2.41. The van der Waals surface area contributed by atoms with Gasteiger partial charge in [-0.15, -0.1) is 0 Å². The van der Waals surface area contributed by atoms with Gasteiger partial charge < -0.3 is 9.84 Å². The normalized spacial score (nSPS) is 12.3. The molecule has 1 N–H and O–H groups in total. The quantitative estimate of drug-likeness (QED) is 0.735. The molecule has 132 valence electrons. The molecule has 3 aromatic rings. The molecule has 3 aromatic heterocycles. The van der Waals surface area contributed by atoms with Crippen LogP contribution in [0, 0.1) is 27.7 Å². The number of aromatic nitrogens is 3. The molecule has 3 rings (SSSR count). The summed E-state index contributed by atoms with van der Waals surface area (Å²) in [6.07, 6.45) is 0.272. The lowest BCUT2D eigenvalue weighted by Gasteiger charge is -2.19. The number of nitrogens with one attached hydrogen (secondary N) is 1. The van der Waals surface area contributed by atoms with Crippen molar-refractivity contribution in [1.82, 2.24) is 20.3 Å². The van der Waals surface area contributed by atoms with Crippen LogP contribution in [0.2, 0.25) is 0 Å². The maximum atomic E-state index is 12.4. The van der Waals surface area contributed by atoms with E-state index in [1.807, 2.05) is 43.8 Å². The maximum absolute atomic E-state index is 12.4. The maximum Gasteiger partial charge on any atom is 0.224 e. The first kappa shape index (κ1) is 17.4. The van der Waals surface area contributed by atoms with Gasteiger partial charge in [-0.3, -0.25) is 9.48 Å². The van der Waals surface area contributed by atoms with Gasteiger partial charge >= 0.3 is 0 Å². The zero-order valence-electron chi connectivity index (χ0n) is 14.9. The average molecular weight is 358 g/mol. The molecular formula is C18H22N4O2S. The fraction of sp³-hybridized carbons (Fsp3) is 0.389. The van der Waals surface area contributed by atoms with Crippen molar-refractivity contribution in [3.63, 3.8) is 0 Å². The molecule has 0 bridgehead atoms. The van der Waals surface area contributed by atoms with Crippen LogP contribution in [0.15, 0.2) is 27.4 Å². The number of nitrogens with zero attached hydrogens (tertiary/aromatic N) is 3. The Kier molecular flexibility index (Phi) is 5.03. The van der Waals surface area contributed by atoms with Crippen LogP contribution in [0.25, 0.3) is 0 Å². The molecule has 0 saturated carbocycles. The third kappa shape index (κ3) is 3.82. The van der Waals surface area contributed by atoms with E-state index in [4.69, 9.17) is 4.52 Å². The van der Waals surface area contributed by atoms with Crippen molar-refractivity contribution in [2.24, 2.45) is 0 Å². The van der Waals surface area contributed by atoms with E-state index in [0.717, 1.165) is 28.2 Å². The minimum atomic E-state index is -0.0452. The summed E-state index contributed by atoms with van der Waals surface area (Å²) in [5, 5.41) is 15.7. The van der Waals surface area contributed by atoms with E-state index in [1.54, 1.807) is 11.3 Å². The molecule has 0 spiro atoms. The number of aryl methyl sites for hydroxylation is 4. The minimum absolute atomic E-state index is 0.0198. The Morgan fingerprint density at radius 1 is 1.36 bits per heavy atom. The Morgan fingerprint density at radius 3 is 2.72 bits per heavy atom. The van der Waals surface area contributed by atoms with Gasteiger partial charge in [-0.2, -0.15) is 16.4 Å². The zero-order valence-corrected chi connectivity index (χ0v) is 15.7. The van der Waals surface area contributed by atoms with Gasteiger partial charge in [-0.1, -0.05) is 5.16 Å². The number of carbonyl (C=O) groups excluding carboxylic acids is 1. The highest BCUT2D eigenvalue weighted by atomic mass is 32.1. The lowest BCUT2D eigenvalue weighted by molar-refractivity contribution is -0.120. The fourth-order valence-corrected chi connectivity index (χ4v) is 3.67. The highest BCUT2D eigenvalue weighted by Gasteiger charge is 2.20. The number of carbonyl (C=O) groups is 1. The third-order valence-corrected chi connectivity index (χ3v) is 4.98. The number of rotatable bonds is 6. The van der Waals surface area contributed by atoms with E-state index in [9.17, 15) is 4.79 Å². The fourth-order valence-electron chi connectivity index (χ4n) is 2.96. The first-order valence-electron chi connectivity index (χ1n) is 8.19. The largest absolute Gasteiger partial charge is 0.361 e. The summed E-state index contributed by atoms with van der Waals surface area (Å²) in [4.78, 5) is 12.4. The van der Waals surface area contributed by atoms with Crippen molar-refractivity contribution in [1.29, 1.82) is 0 Å². The molecule has 0 aromatic carbocycles. The first-order chi connectivity index (χ1) is 12.0. The average Bonchev–Trinajstić information content (AvgIpc) is 3.27. The van der Waals surface area contributed by atoms with Crippen molar-refractivity contribution in [2.45, 2.75) is 40.2 Å². The summed E-state index contributed by atoms with van der Waals surface area (Å²) in [5.41, 5.74) is 4.82. The van der Waals surface area contributed by atoms with E-state index in [-0.39, 0.29) is 18.4 Å². The van der Waals surface area contributed by atoms with Gasteiger partial charge in [0.15, 0.2) is 0 Å². The molecule has 0 aliphatic carbocycles. The topological polar surface area (TPSA) is 73.0 Å². The highest BCUT2D eigenvalue weighted by molar-refractivity contribution is 7.07. The Labute approximate surface area is 150 Å². The number of hydrogen-bond acceptors (Lipinski definition) is 5. The van der Waals surface area contributed by atoms with E-state index < -0.39 is 0 Å². The summed E-state index contributed by atoms with van der Waals surface area (Å²) in [5.74, 6) is 0.650. The Balaban J connectivity index is 1.73. The van der Waals surface area contributed by atoms with Gasteiger partial charge in [0, 0.05) is 17.8 Å². The zero-order chi connectivity index (χ0) is 18.0. The van der Waals surface area contributed by atoms with E-state index in [1.165, 1.54) is 0 Å². The number of thiophene rings is 1. The summed E-state index contributed by atoms with van der Waals surface area (Å²) < 4.78 is 7.11. The summed E-state index contributed by atoms with van der Waals surface area (Å²) >= 11 is 1.64. The molecule has 0 radical (unpaired) electrons.